The van der Waals surface area contributed by atoms with E-state index in [-0.39, 0.29) is 5.92 Å². The van der Waals surface area contributed by atoms with Crippen LogP contribution in [0.25, 0.3) is 11.3 Å². The fourth-order valence-corrected chi connectivity index (χ4v) is 5.05. The number of hydrogen-bond acceptors (Lipinski definition) is 7. The van der Waals surface area contributed by atoms with Gasteiger partial charge in [0, 0.05) is 68.6 Å². The number of nitrogens with zero attached hydrogens (tertiary/aromatic N) is 5. The van der Waals surface area contributed by atoms with Gasteiger partial charge < -0.3 is 24.2 Å². The normalized spacial score (nSPS) is 16.7. The molecule has 1 amide bonds. The van der Waals surface area contributed by atoms with Gasteiger partial charge in [0.1, 0.15) is 23.6 Å². The Morgan fingerprint density at radius 3 is 2.22 bits per heavy atom. The molecule has 0 atom stereocenters. The Bertz CT molecular complexity index is 1170. The predicted octanol–water partition coefficient (Wildman–Crippen LogP) is 3.73. The van der Waals surface area contributed by atoms with E-state index in [1.54, 1.807) is 20.5 Å². The van der Waals surface area contributed by atoms with Crippen molar-refractivity contribution in [2.45, 2.75) is 12.8 Å². The molecule has 2 aliphatic rings. The van der Waals surface area contributed by atoms with E-state index in [4.69, 9.17) is 9.47 Å². The van der Waals surface area contributed by atoms with Gasteiger partial charge in [0.2, 0.25) is 5.91 Å². The van der Waals surface area contributed by atoms with Crippen molar-refractivity contribution in [1.82, 2.24) is 14.9 Å². The molecule has 3 aromatic rings. The number of carbonyl (C=O) groups excluding carboxylic acids is 1. The van der Waals surface area contributed by atoms with Crippen LogP contribution in [0, 0.1) is 5.92 Å². The van der Waals surface area contributed by atoms with E-state index in [0.717, 1.165) is 86.4 Å². The molecule has 0 bridgehead atoms. The summed E-state index contributed by atoms with van der Waals surface area (Å²) in [5.74, 6) is 2.96. The average Bonchev–Trinajstić information content (AvgIpc) is 2.97. The number of ether oxygens (including phenoxy) is 2. The number of rotatable bonds is 6. The van der Waals surface area contributed by atoms with E-state index in [1.165, 1.54) is 0 Å². The molecule has 2 aromatic carbocycles. The lowest BCUT2D eigenvalue weighted by atomic mass is 9.95. The summed E-state index contributed by atoms with van der Waals surface area (Å²) in [4.78, 5) is 28.9. The zero-order valence-corrected chi connectivity index (χ0v) is 21.0. The molecule has 5 rings (SSSR count). The molecule has 2 fully saturated rings. The minimum atomic E-state index is 0.0764. The number of hydrogen-bond donors (Lipinski definition) is 0. The highest BCUT2D eigenvalue weighted by Crippen LogP contribution is 2.28. The van der Waals surface area contributed by atoms with Crippen LogP contribution in [-0.4, -0.2) is 74.3 Å². The number of anilines is 2. The first-order valence-corrected chi connectivity index (χ1v) is 12.5. The first kappa shape index (κ1) is 23.9. The van der Waals surface area contributed by atoms with Crippen LogP contribution in [0.4, 0.5) is 11.5 Å². The van der Waals surface area contributed by atoms with E-state index in [9.17, 15) is 4.79 Å². The van der Waals surface area contributed by atoms with Crippen LogP contribution in [0.15, 0.2) is 60.9 Å². The maximum Gasteiger partial charge on any atom is 0.225 e. The standard InChI is InChI=1S/C28H33N5O3/c1-35-24-8-6-21(7-9-24)26-19-27(30-20-29-26)32-12-10-22(11-13-32)28(34)33-16-14-31(15-17-33)23-4-3-5-25(18-23)36-2/h3-9,18-20,22H,10-17H2,1-2H3. The van der Waals surface area contributed by atoms with Gasteiger partial charge >= 0.3 is 0 Å². The number of piperidine rings is 1. The first-order valence-electron chi connectivity index (χ1n) is 12.5. The summed E-state index contributed by atoms with van der Waals surface area (Å²) >= 11 is 0. The van der Waals surface area contributed by atoms with Crippen molar-refractivity contribution in [3.63, 3.8) is 0 Å². The van der Waals surface area contributed by atoms with Gasteiger partial charge in [0.05, 0.1) is 19.9 Å². The maximum atomic E-state index is 13.3. The van der Waals surface area contributed by atoms with Gasteiger partial charge in [-0.2, -0.15) is 0 Å². The minimum absolute atomic E-state index is 0.0764. The van der Waals surface area contributed by atoms with Crippen molar-refractivity contribution in [3.8, 4) is 22.8 Å². The van der Waals surface area contributed by atoms with Crippen LogP contribution in [0.3, 0.4) is 0 Å². The number of carbonyl (C=O) groups is 1. The van der Waals surface area contributed by atoms with Crippen LogP contribution in [0.2, 0.25) is 0 Å². The van der Waals surface area contributed by atoms with E-state index >= 15 is 0 Å². The lowest BCUT2D eigenvalue weighted by Gasteiger charge is -2.39. The zero-order valence-electron chi connectivity index (χ0n) is 21.0. The summed E-state index contributed by atoms with van der Waals surface area (Å²) in [6.45, 7) is 4.83. The van der Waals surface area contributed by atoms with E-state index in [0.29, 0.717) is 5.91 Å². The van der Waals surface area contributed by atoms with Gasteiger partial charge in [-0.15, -0.1) is 0 Å². The number of aromatic nitrogens is 2. The molecule has 36 heavy (non-hydrogen) atoms. The first-order chi connectivity index (χ1) is 17.6. The van der Waals surface area contributed by atoms with Gasteiger partial charge in [-0.25, -0.2) is 9.97 Å². The lowest BCUT2D eigenvalue weighted by Crippen LogP contribution is -2.51. The summed E-state index contributed by atoms with van der Waals surface area (Å²) in [5, 5.41) is 0. The molecule has 188 valence electrons. The second-order valence-corrected chi connectivity index (χ2v) is 9.27. The Morgan fingerprint density at radius 1 is 0.806 bits per heavy atom. The molecule has 0 radical (unpaired) electrons. The van der Waals surface area contributed by atoms with Crippen molar-refractivity contribution in [2.75, 3.05) is 63.3 Å². The Labute approximate surface area is 212 Å². The second kappa shape index (κ2) is 10.8. The molecule has 0 spiro atoms. The zero-order chi connectivity index (χ0) is 24.9. The molecule has 3 heterocycles. The fraction of sp³-hybridized carbons (Fsp3) is 0.393. The van der Waals surface area contributed by atoms with Crippen LogP contribution in [0.5, 0.6) is 11.5 Å². The minimum Gasteiger partial charge on any atom is -0.497 e. The van der Waals surface area contributed by atoms with E-state index in [1.807, 2.05) is 47.4 Å². The molecule has 2 saturated heterocycles. The molecule has 2 aliphatic heterocycles. The van der Waals surface area contributed by atoms with Gasteiger partial charge in [-0.3, -0.25) is 4.79 Å². The lowest BCUT2D eigenvalue weighted by molar-refractivity contribution is -0.136. The maximum absolute atomic E-state index is 13.3. The molecule has 8 nitrogen and oxygen atoms in total. The van der Waals surface area contributed by atoms with Gasteiger partial charge in [-0.05, 0) is 49.2 Å². The molecule has 1 aromatic heterocycles. The van der Waals surface area contributed by atoms with Crippen molar-refractivity contribution in [3.05, 3.63) is 60.9 Å². The largest absolute Gasteiger partial charge is 0.497 e. The highest BCUT2D eigenvalue weighted by molar-refractivity contribution is 5.79. The third kappa shape index (κ3) is 5.22. The third-order valence-electron chi connectivity index (χ3n) is 7.22. The Hall–Kier alpha value is -3.81. The van der Waals surface area contributed by atoms with Crippen LogP contribution < -0.4 is 19.3 Å². The average molecular weight is 488 g/mol. The molecular formula is C28H33N5O3. The van der Waals surface area contributed by atoms with Gasteiger partial charge in [0.15, 0.2) is 0 Å². The SMILES string of the molecule is COc1ccc(-c2cc(N3CCC(C(=O)N4CCN(c5cccc(OC)c5)CC4)CC3)ncn2)cc1. The summed E-state index contributed by atoms with van der Waals surface area (Å²) < 4.78 is 10.6. The van der Waals surface area contributed by atoms with Crippen molar-refractivity contribution >= 4 is 17.4 Å². The van der Waals surface area contributed by atoms with Crippen molar-refractivity contribution in [2.24, 2.45) is 5.92 Å². The number of methoxy groups -OCH3 is 2. The molecule has 0 saturated carbocycles. The topological polar surface area (TPSA) is 71.0 Å². The monoisotopic (exact) mass is 487 g/mol. The molecule has 0 unspecified atom stereocenters. The Morgan fingerprint density at radius 2 is 1.53 bits per heavy atom. The number of piperazine rings is 1. The summed E-state index contributed by atoms with van der Waals surface area (Å²) in [7, 11) is 3.35. The Kier molecular flexibility index (Phi) is 7.21. The van der Waals surface area contributed by atoms with Gasteiger partial charge in [0.25, 0.3) is 0 Å². The predicted molar refractivity (Wildman–Crippen MR) is 141 cm³/mol. The molecule has 0 aliphatic carbocycles. The highest BCUT2D eigenvalue weighted by atomic mass is 16.5. The van der Waals surface area contributed by atoms with E-state index in [2.05, 4.69) is 31.9 Å². The third-order valence-corrected chi connectivity index (χ3v) is 7.22. The van der Waals surface area contributed by atoms with Crippen LogP contribution in [-0.2, 0) is 4.79 Å². The van der Waals surface area contributed by atoms with E-state index < -0.39 is 0 Å². The smallest absolute Gasteiger partial charge is 0.225 e. The fourth-order valence-electron chi connectivity index (χ4n) is 5.05. The molecule has 8 heteroatoms. The molecular weight excluding hydrogens is 454 g/mol. The molecule has 0 N–H and O–H groups in total. The van der Waals surface area contributed by atoms with Crippen LogP contribution >= 0.6 is 0 Å². The second-order valence-electron chi connectivity index (χ2n) is 9.27. The van der Waals surface area contributed by atoms with Crippen molar-refractivity contribution < 1.29 is 14.3 Å². The summed E-state index contributed by atoms with van der Waals surface area (Å²) in [5.41, 5.74) is 3.06. The van der Waals surface area contributed by atoms with Crippen LogP contribution in [0.1, 0.15) is 12.8 Å². The number of amides is 1. The van der Waals surface area contributed by atoms with Crippen molar-refractivity contribution in [1.29, 1.82) is 0 Å². The quantitative estimate of drug-likeness (QED) is 0.525. The number of benzene rings is 2. The highest BCUT2D eigenvalue weighted by Gasteiger charge is 2.31. The summed E-state index contributed by atoms with van der Waals surface area (Å²) in [6.07, 6.45) is 3.31. The summed E-state index contributed by atoms with van der Waals surface area (Å²) in [6, 6.07) is 18.0. The van der Waals surface area contributed by atoms with Gasteiger partial charge in [-0.1, -0.05) is 6.07 Å². The Balaban J connectivity index is 1.15.